The predicted octanol–water partition coefficient (Wildman–Crippen LogP) is 1.45. The van der Waals surface area contributed by atoms with Crippen LogP contribution in [0.1, 0.15) is 6.42 Å². The van der Waals surface area contributed by atoms with Crippen molar-refractivity contribution in [3.8, 4) is 0 Å². The van der Waals surface area contributed by atoms with E-state index in [0.29, 0.717) is 0 Å². The van der Waals surface area contributed by atoms with Crippen molar-refractivity contribution in [1.82, 2.24) is 0 Å². The maximum absolute atomic E-state index is 11.9. The number of hydrogen-bond donors (Lipinski definition) is 1. The van der Waals surface area contributed by atoms with Gasteiger partial charge >= 0.3 is 0 Å². The number of carbonyl (C=O) groups excluding carboxylic acids is 1. The highest BCUT2D eigenvalue weighted by Crippen LogP contribution is 2.30. The summed E-state index contributed by atoms with van der Waals surface area (Å²) in [5, 5.41) is 4.27. The lowest BCUT2D eigenvalue weighted by molar-refractivity contribution is -0.117. The normalized spacial score (nSPS) is 20.5. The first-order valence-electron chi connectivity index (χ1n) is 5.06. The molecule has 1 atom stereocenters. The number of anilines is 1. The molecule has 1 saturated heterocycles. The summed E-state index contributed by atoms with van der Waals surface area (Å²) in [5.74, 6) is -0.214. The van der Waals surface area contributed by atoms with Gasteiger partial charge in [-0.2, -0.15) is 0 Å². The molecule has 1 aromatic rings. The highest BCUT2D eigenvalue weighted by molar-refractivity contribution is 14.1. The molecule has 2 N–H and O–H groups in total. The number of nitrogens with two attached hydrogens (primary N) is 1. The van der Waals surface area contributed by atoms with Crippen LogP contribution in [0, 0.1) is 3.57 Å². The monoisotopic (exact) mass is 444 g/mol. The SMILES string of the molecule is NS(=O)(=O)C1CC(=O)N(c2ccc(Br)cc2I)C1. The molecule has 1 aliphatic rings. The van der Waals surface area contributed by atoms with Gasteiger partial charge < -0.3 is 4.90 Å². The van der Waals surface area contributed by atoms with Crippen LogP contribution >= 0.6 is 38.5 Å². The Morgan fingerprint density at radius 2 is 2.11 bits per heavy atom. The highest BCUT2D eigenvalue weighted by atomic mass is 127. The Morgan fingerprint density at radius 3 is 2.61 bits per heavy atom. The molecule has 0 aromatic heterocycles. The Labute approximate surface area is 127 Å². The van der Waals surface area contributed by atoms with E-state index in [2.05, 4.69) is 38.5 Å². The van der Waals surface area contributed by atoms with Gasteiger partial charge in [0.2, 0.25) is 15.9 Å². The molecule has 1 aliphatic heterocycles. The lowest BCUT2D eigenvalue weighted by atomic mass is 10.3. The van der Waals surface area contributed by atoms with Crippen LogP contribution in [0.15, 0.2) is 22.7 Å². The second kappa shape index (κ2) is 5.06. The summed E-state index contributed by atoms with van der Waals surface area (Å²) in [6.45, 7) is 0.120. The van der Waals surface area contributed by atoms with Crippen molar-refractivity contribution in [1.29, 1.82) is 0 Å². The van der Waals surface area contributed by atoms with Gasteiger partial charge in [0.05, 0.1) is 5.69 Å². The van der Waals surface area contributed by atoms with E-state index >= 15 is 0 Å². The molecule has 0 saturated carbocycles. The van der Waals surface area contributed by atoms with Crippen LogP contribution in [0.5, 0.6) is 0 Å². The van der Waals surface area contributed by atoms with E-state index in [0.717, 1.165) is 13.7 Å². The third-order valence-corrected chi connectivity index (χ3v) is 5.36. The summed E-state index contributed by atoms with van der Waals surface area (Å²) < 4.78 is 24.4. The Morgan fingerprint density at radius 1 is 1.44 bits per heavy atom. The summed E-state index contributed by atoms with van der Waals surface area (Å²) in [5.41, 5.74) is 0.718. The molecule has 0 bridgehead atoms. The number of rotatable bonds is 2. The molecule has 8 heteroatoms. The van der Waals surface area contributed by atoms with Crippen LogP contribution in [-0.2, 0) is 14.8 Å². The van der Waals surface area contributed by atoms with Crippen molar-refractivity contribution in [3.05, 3.63) is 26.2 Å². The van der Waals surface area contributed by atoms with E-state index in [1.54, 1.807) is 6.07 Å². The van der Waals surface area contributed by atoms with Gasteiger partial charge in [-0.15, -0.1) is 0 Å². The minimum atomic E-state index is -3.67. The zero-order valence-electron chi connectivity index (χ0n) is 9.14. The molecule has 1 unspecified atom stereocenters. The van der Waals surface area contributed by atoms with Gasteiger partial charge in [-0.05, 0) is 40.8 Å². The summed E-state index contributed by atoms with van der Waals surface area (Å²) in [6.07, 6.45) is -0.0506. The molecule has 1 fully saturated rings. The zero-order chi connectivity index (χ0) is 13.5. The molecule has 1 amide bonds. The maximum atomic E-state index is 11.9. The fourth-order valence-electron chi connectivity index (χ4n) is 1.83. The molecule has 0 radical (unpaired) electrons. The van der Waals surface area contributed by atoms with Crippen molar-refractivity contribution in [2.75, 3.05) is 11.4 Å². The Kier molecular flexibility index (Phi) is 4.00. The number of amides is 1. The van der Waals surface area contributed by atoms with E-state index in [1.165, 1.54) is 4.90 Å². The van der Waals surface area contributed by atoms with Crippen molar-refractivity contribution >= 4 is 60.1 Å². The van der Waals surface area contributed by atoms with Gasteiger partial charge in [-0.25, -0.2) is 13.6 Å². The van der Waals surface area contributed by atoms with Crippen LogP contribution in [0.2, 0.25) is 0 Å². The number of sulfonamides is 1. The quantitative estimate of drug-likeness (QED) is 0.701. The lowest BCUT2D eigenvalue weighted by Crippen LogP contribution is -2.32. The molecular weight excluding hydrogens is 435 g/mol. The lowest BCUT2D eigenvalue weighted by Gasteiger charge is -2.18. The van der Waals surface area contributed by atoms with E-state index in [4.69, 9.17) is 5.14 Å². The Balaban J connectivity index is 2.33. The minimum absolute atomic E-state index is 0.0506. The maximum Gasteiger partial charge on any atom is 0.228 e. The first-order chi connectivity index (χ1) is 8.29. The largest absolute Gasteiger partial charge is 0.310 e. The minimum Gasteiger partial charge on any atom is -0.310 e. The van der Waals surface area contributed by atoms with Crippen LogP contribution < -0.4 is 10.0 Å². The molecule has 1 heterocycles. The number of carbonyl (C=O) groups is 1. The average molecular weight is 445 g/mol. The van der Waals surface area contributed by atoms with E-state index < -0.39 is 15.3 Å². The number of hydrogen-bond acceptors (Lipinski definition) is 3. The third kappa shape index (κ3) is 2.86. The Hall–Kier alpha value is -0.190. The summed E-state index contributed by atoms with van der Waals surface area (Å²) >= 11 is 5.45. The second-order valence-corrected chi connectivity index (χ2v) is 7.94. The van der Waals surface area contributed by atoms with Crippen LogP contribution in [-0.4, -0.2) is 26.1 Å². The van der Waals surface area contributed by atoms with E-state index in [9.17, 15) is 13.2 Å². The highest BCUT2D eigenvalue weighted by Gasteiger charge is 2.37. The molecule has 1 aromatic carbocycles. The molecule has 0 aliphatic carbocycles. The summed E-state index contributed by atoms with van der Waals surface area (Å²) in [6, 6.07) is 5.47. The third-order valence-electron chi connectivity index (χ3n) is 2.75. The van der Waals surface area contributed by atoms with Gasteiger partial charge in [0.15, 0.2) is 0 Å². The number of nitrogens with zero attached hydrogens (tertiary/aromatic N) is 1. The van der Waals surface area contributed by atoms with Crippen LogP contribution in [0.4, 0.5) is 5.69 Å². The van der Waals surface area contributed by atoms with Gasteiger partial charge in [-0.1, -0.05) is 15.9 Å². The second-order valence-electron chi connectivity index (χ2n) is 4.02. The van der Waals surface area contributed by atoms with Crippen molar-refractivity contribution in [2.45, 2.75) is 11.7 Å². The molecule has 2 rings (SSSR count). The number of halogens is 2. The summed E-state index contributed by atoms with van der Waals surface area (Å²) in [7, 11) is -3.67. The van der Waals surface area contributed by atoms with Crippen molar-refractivity contribution < 1.29 is 13.2 Å². The molecule has 5 nitrogen and oxygen atoms in total. The van der Waals surface area contributed by atoms with Gasteiger partial charge in [0.1, 0.15) is 5.25 Å². The molecule has 0 spiro atoms. The smallest absolute Gasteiger partial charge is 0.228 e. The number of primary sulfonamides is 1. The summed E-state index contributed by atoms with van der Waals surface area (Å²) in [4.78, 5) is 13.3. The predicted molar refractivity (Wildman–Crippen MR) is 80.7 cm³/mol. The van der Waals surface area contributed by atoms with Gasteiger partial charge in [0, 0.05) is 21.0 Å². The first kappa shape index (κ1) is 14.2. The zero-order valence-corrected chi connectivity index (χ0v) is 13.7. The van der Waals surface area contributed by atoms with Crippen molar-refractivity contribution in [3.63, 3.8) is 0 Å². The van der Waals surface area contributed by atoms with Crippen molar-refractivity contribution in [2.24, 2.45) is 5.14 Å². The Bertz CT molecular complexity index is 605. The van der Waals surface area contributed by atoms with E-state index in [-0.39, 0.29) is 18.9 Å². The molecule has 18 heavy (non-hydrogen) atoms. The molecule has 98 valence electrons. The first-order valence-corrected chi connectivity index (χ1v) is 8.54. The fourth-order valence-corrected chi connectivity index (χ4v) is 4.16. The van der Waals surface area contributed by atoms with Gasteiger partial charge in [0.25, 0.3) is 0 Å². The van der Waals surface area contributed by atoms with Crippen LogP contribution in [0.25, 0.3) is 0 Å². The molecular formula is C10H10BrIN2O3S. The average Bonchev–Trinajstić information content (AvgIpc) is 2.60. The van der Waals surface area contributed by atoms with E-state index in [1.807, 2.05) is 12.1 Å². The topological polar surface area (TPSA) is 80.5 Å². The standard InChI is InChI=1S/C10H10BrIN2O3S/c11-6-1-2-9(8(12)3-6)14-5-7(4-10(14)15)18(13,16)17/h1-3,7H,4-5H2,(H2,13,16,17). The number of benzene rings is 1. The van der Waals surface area contributed by atoms with Gasteiger partial charge in [-0.3, -0.25) is 4.79 Å². The van der Waals surface area contributed by atoms with Crippen LogP contribution in [0.3, 0.4) is 0 Å². The fraction of sp³-hybridized carbons (Fsp3) is 0.300.